The van der Waals surface area contributed by atoms with Gasteiger partial charge in [-0.3, -0.25) is 10.2 Å². The first kappa shape index (κ1) is 33.8. The van der Waals surface area contributed by atoms with Gasteiger partial charge in [-0.1, -0.05) is 26.0 Å². The number of anilines is 3. The summed E-state index contributed by atoms with van der Waals surface area (Å²) in [6, 6.07) is 5.72. The number of hydrogen-bond donors (Lipinski definition) is 1. The van der Waals surface area contributed by atoms with E-state index < -0.39 is 23.6 Å². The van der Waals surface area contributed by atoms with Crippen molar-refractivity contribution in [2.24, 2.45) is 0 Å². The van der Waals surface area contributed by atoms with E-state index in [-0.39, 0.29) is 29.3 Å². The Morgan fingerprint density at radius 3 is 2.62 bits per heavy atom. The van der Waals surface area contributed by atoms with Gasteiger partial charge in [-0.15, -0.1) is 0 Å². The van der Waals surface area contributed by atoms with Crippen LogP contribution in [0.4, 0.5) is 35.4 Å². The Bertz CT molecular complexity index is 1470. The van der Waals surface area contributed by atoms with Crippen LogP contribution in [0.25, 0.3) is 11.4 Å². The summed E-state index contributed by atoms with van der Waals surface area (Å²) in [5.41, 5.74) is 0.653. The van der Waals surface area contributed by atoms with Gasteiger partial charge in [0.1, 0.15) is 5.69 Å². The molecule has 0 aliphatic carbocycles. The number of piperidine rings is 1. The van der Waals surface area contributed by atoms with Gasteiger partial charge in [0, 0.05) is 44.4 Å². The van der Waals surface area contributed by atoms with E-state index in [0.29, 0.717) is 43.4 Å². The summed E-state index contributed by atoms with van der Waals surface area (Å²) in [6.45, 7) is 11.5. The van der Waals surface area contributed by atoms with Crippen molar-refractivity contribution in [1.82, 2.24) is 19.9 Å². The van der Waals surface area contributed by atoms with Crippen LogP contribution >= 0.6 is 0 Å². The number of hydrogen-bond acceptors (Lipinski definition) is 9. The fraction of sp³-hybridized carbons (Fsp3) is 0.516. The molecule has 3 aromatic rings. The average Bonchev–Trinajstić information content (AvgIpc) is 3.01. The molecule has 1 aromatic carbocycles. The molecule has 1 unspecified atom stereocenters. The lowest BCUT2D eigenvalue weighted by atomic mass is 9.99. The maximum atomic E-state index is 13.7. The summed E-state index contributed by atoms with van der Waals surface area (Å²) in [7, 11) is 1.57. The van der Waals surface area contributed by atoms with Crippen molar-refractivity contribution in [2.75, 3.05) is 48.5 Å². The van der Waals surface area contributed by atoms with E-state index in [0.717, 1.165) is 31.5 Å². The molecule has 4 heterocycles. The van der Waals surface area contributed by atoms with Crippen LogP contribution in [0.15, 0.2) is 36.5 Å². The maximum absolute atomic E-state index is 13.7. The van der Waals surface area contributed by atoms with Crippen LogP contribution in [0.2, 0.25) is 0 Å². The number of methoxy groups -OCH3 is 1. The number of alkyl halides is 3. The van der Waals surface area contributed by atoms with Gasteiger partial charge in [-0.05, 0) is 45.7 Å². The molecular weight excluding hydrogens is 591 g/mol. The number of nitrogens with zero attached hydrogens (tertiary/aromatic N) is 6. The minimum atomic E-state index is -4.51. The zero-order valence-corrected chi connectivity index (χ0v) is 26.4. The van der Waals surface area contributed by atoms with E-state index in [1.54, 1.807) is 25.0 Å². The van der Waals surface area contributed by atoms with E-state index in [1.807, 2.05) is 27.7 Å². The number of nitrogens with one attached hydrogen (secondary N) is 1. The van der Waals surface area contributed by atoms with E-state index in [1.165, 1.54) is 18.3 Å². The highest BCUT2D eigenvalue weighted by atomic mass is 19.4. The van der Waals surface area contributed by atoms with Gasteiger partial charge in [0.05, 0.1) is 30.5 Å². The smallest absolute Gasteiger partial charge is 0.416 e. The number of fused-ring (bicyclic) bond motifs is 4. The second-order valence-corrected chi connectivity index (χ2v) is 10.8. The van der Waals surface area contributed by atoms with E-state index in [2.05, 4.69) is 30.2 Å². The molecule has 45 heavy (non-hydrogen) atoms. The number of rotatable bonds is 9. The molecule has 1 fully saturated rings. The van der Waals surface area contributed by atoms with E-state index >= 15 is 0 Å². The Morgan fingerprint density at radius 1 is 1.11 bits per heavy atom. The van der Waals surface area contributed by atoms with Crippen molar-refractivity contribution < 1.29 is 32.2 Å². The first-order valence-corrected chi connectivity index (χ1v) is 15.0. The first-order valence-electron chi connectivity index (χ1n) is 15.0. The minimum absolute atomic E-state index is 0.0444. The van der Waals surface area contributed by atoms with Crippen molar-refractivity contribution in [1.29, 1.82) is 0 Å². The summed E-state index contributed by atoms with van der Waals surface area (Å²) < 4.78 is 56.8. The number of benzene rings is 1. The molecule has 2 aliphatic heterocycles. The number of carbonyl (C=O) groups is 1. The third kappa shape index (κ3) is 8.17. The van der Waals surface area contributed by atoms with Crippen LogP contribution in [0.1, 0.15) is 58.2 Å². The van der Waals surface area contributed by atoms with Crippen LogP contribution < -0.4 is 19.9 Å². The second kappa shape index (κ2) is 14.4. The number of urea groups is 1. The van der Waals surface area contributed by atoms with Crippen molar-refractivity contribution in [3.8, 4) is 17.3 Å². The van der Waals surface area contributed by atoms with Gasteiger partial charge in [0.15, 0.2) is 17.4 Å². The third-order valence-corrected chi connectivity index (χ3v) is 7.34. The third-order valence-electron chi connectivity index (χ3n) is 7.34. The van der Waals surface area contributed by atoms with E-state index in [4.69, 9.17) is 14.2 Å². The molecule has 0 spiro atoms. The molecule has 0 radical (unpaired) electrons. The van der Waals surface area contributed by atoms with Crippen molar-refractivity contribution in [3.63, 3.8) is 0 Å². The molecule has 5 rings (SSSR count). The van der Waals surface area contributed by atoms with Crippen LogP contribution in [0, 0.1) is 6.92 Å². The molecule has 2 aromatic heterocycles. The molecule has 0 saturated carbocycles. The summed E-state index contributed by atoms with van der Waals surface area (Å²) in [4.78, 5) is 35.1. The van der Waals surface area contributed by atoms with Crippen LogP contribution in [-0.4, -0.2) is 71.2 Å². The highest BCUT2D eigenvalue weighted by Gasteiger charge is 2.40. The molecule has 2 aliphatic rings. The first-order chi connectivity index (χ1) is 21.4. The highest BCUT2D eigenvalue weighted by Crippen LogP contribution is 2.41. The molecule has 1 saturated heterocycles. The monoisotopic (exact) mass is 631 g/mol. The van der Waals surface area contributed by atoms with Crippen molar-refractivity contribution in [2.45, 2.75) is 71.9 Å². The molecule has 1 N–H and O–H groups in total. The van der Waals surface area contributed by atoms with Crippen LogP contribution in [-0.2, 0) is 15.7 Å². The van der Waals surface area contributed by atoms with Crippen LogP contribution in [0.5, 0.6) is 5.88 Å². The SMILES string of the molecule is CC.COC(C)(C)OCCCOc1ccnc(NC(=O)N2c3nc(-c4cccc(C(F)(F)F)c4)nc(C)c3N3CCCC2C3)n1. The number of aromatic nitrogens is 4. The second-order valence-electron chi connectivity index (χ2n) is 10.8. The predicted molar refractivity (Wildman–Crippen MR) is 164 cm³/mol. The summed E-state index contributed by atoms with van der Waals surface area (Å²) in [6.07, 6.45) is -0.854. The van der Waals surface area contributed by atoms with Crippen molar-refractivity contribution in [3.05, 3.63) is 47.8 Å². The zero-order chi connectivity index (χ0) is 32.8. The largest absolute Gasteiger partial charge is 0.477 e. The lowest BCUT2D eigenvalue weighted by molar-refractivity contribution is -0.197. The van der Waals surface area contributed by atoms with E-state index in [9.17, 15) is 18.0 Å². The topological polar surface area (TPSA) is 115 Å². The molecule has 1 atom stereocenters. The lowest BCUT2D eigenvalue weighted by Gasteiger charge is -2.46. The van der Waals surface area contributed by atoms with Gasteiger partial charge in [0.25, 0.3) is 0 Å². The van der Waals surface area contributed by atoms with Gasteiger partial charge >= 0.3 is 12.2 Å². The summed E-state index contributed by atoms with van der Waals surface area (Å²) in [5.74, 6) is 0.0734. The predicted octanol–water partition coefficient (Wildman–Crippen LogP) is 6.48. The Morgan fingerprint density at radius 2 is 1.89 bits per heavy atom. The fourth-order valence-electron chi connectivity index (χ4n) is 5.11. The Balaban J connectivity index is 0.00000226. The minimum Gasteiger partial charge on any atom is -0.477 e. The summed E-state index contributed by atoms with van der Waals surface area (Å²) in [5, 5.41) is 2.75. The average molecular weight is 632 g/mol. The maximum Gasteiger partial charge on any atom is 0.416 e. The summed E-state index contributed by atoms with van der Waals surface area (Å²) >= 11 is 0. The Labute approximate surface area is 261 Å². The molecule has 2 amide bonds. The zero-order valence-electron chi connectivity index (χ0n) is 26.4. The number of amides is 2. The number of aryl methyl sites for hydroxylation is 1. The van der Waals surface area contributed by atoms with Gasteiger partial charge in [0.2, 0.25) is 11.8 Å². The molecule has 2 bridgehead atoms. The van der Waals surface area contributed by atoms with Gasteiger partial charge < -0.3 is 19.1 Å². The Hall–Kier alpha value is -4.04. The molecular formula is C31H40F3N7O4. The fourth-order valence-corrected chi connectivity index (χ4v) is 5.11. The lowest BCUT2D eigenvalue weighted by Crippen LogP contribution is -2.56. The number of carbonyl (C=O) groups excluding carboxylic acids is 1. The number of halogens is 3. The molecule has 244 valence electrons. The quantitative estimate of drug-likeness (QED) is 0.209. The normalized spacial score (nSPS) is 16.0. The highest BCUT2D eigenvalue weighted by molar-refractivity contribution is 6.04. The van der Waals surface area contributed by atoms with Crippen LogP contribution in [0.3, 0.4) is 0 Å². The standard InChI is InChI=1S/C29H34F3N7O4.C2H6/c1-18-23-25(36-24(34-18)19-8-5-9-20(16-19)29(30,31)32)39(21-10-6-13-38(23)17-21)27(40)37-26-33-12-11-22(35-26)42-14-7-15-43-28(2,3)41-4;1-2/h5,8-9,11-12,16,21H,6-7,10,13-15,17H2,1-4H3,(H,33,35,37,40);1-2H3. The Kier molecular flexibility index (Phi) is 10.8. The molecule has 14 heteroatoms. The molecule has 11 nitrogen and oxygen atoms in total. The van der Waals surface area contributed by atoms with Gasteiger partial charge in [-0.2, -0.15) is 18.2 Å². The van der Waals surface area contributed by atoms with Gasteiger partial charge in [-0.25, -0.2) is 19.7 Å². The number of ether oxygens (including phenoxy) is 3. The van der Waals surface area contributed by atoms with Crippen molar-refractivity contribution >= 4 is 23.5 Å².